The summed E-state index contributed by atoms with van der Waals surface area (Å²) in [5, 5.41) is 13.1. The van der Waals surface area contributed by atoms with E-state index in [1.54, 1.807) is 13.3 Å². The van der Waals surface area contributed by atoms with Crippen molar-refractivity contribution in [2.24, 2.45) is 0 Å². The first-order valence-electron chi connectivity index (χ1n) is 10.8. The lowest BCUT2D eigenvalue weighted by Crippen LogP contribution is -2.41. The molecule has 178 valence electrons. The van der Waals surface area contributed by atoms with E-state index in [1.165, 1.54) is 4.58 Å². The first-order chi connectivity index (χ1) is 17.0. The molecule has 0 saturated carbocycles. The number of benzene rings is 3. The maximum absolute atomic E-state index is 13.1. The van der Waals surface area contributed by atoms with Crippen LogP contribution in [0.4, 0.5) is 11.4 Å². The number of methoxy groups -OCH3 is 3. The predicted molar refractivity (Wildman–Crippen MR) is 127 cm³/mol. The molecule has 1 aliphatic rings. The fourth-order valence-corrected chi connectivity index (χ4v) is 4.04. The third-order valence-electron chi connectivity index (χ3n) is 5.65. The summed E-state index contributed by atoms with van der Waals surface area (Å²) in [7, 11) is 3.83. The quantitative estimate of drug-likeness (QED) is 0.236. The molecule has 3 aromatic carbocycles. The average molecular weight is 472 g/mol. The van der Waals surface area contributed by atoms with Gasteiger partial charge in [0.1, 0.15) is 5.75 Å². The normalized spacial score (nSPS) is 15.3. The zero-order valence-corrected chi connectivity index (χ0v) is 19.5. The summed E-state index contributed by atoms with van der Waals surface area (Å²) in [4.78, 5) is 27.1. The van der Waals surface area contributed by atoms with E-state index in [-0.39, 0.29) is 0 Å². The number of hydrogen-bond acceptors (Lipinski definition) is 7. The van der Waals surface area contributed by atoms with Crippen LogP contribution in [0.1, 0.15) is 17.3 Å². The van der Waals surface area contributed by atoms with Crippen LogP contribution in [0.15, 0.2) is 90.3 Å². The van der Waals surface area contributed by atoms with Crippen LogP contribution in [0.25, 0.3) is 0 Å². The van der Waals surface area contributed by atoms with Crippen LogP contribution < -0.4 is 14.7 Å². The van der Waals surface area contributed by atoms with Gasteiger partial charge in [-0.3, -0.25) is 4.90 Å². The van der Waals surface area contributed by atoms with Gasteiger partial charge in [-0.25, -0.2) is 9.59 Å². The van der Waals surface area contributed by atoms with Gasteiger partial charge in [0, 0.05) is 11.3 Å². The van der Waals surface area contributed by atoms with Crippen LogP contribution in [-0.4, -0.2) is 44.1 Å². The van der Waals surface area contributed by atoms with E-state index in [0.717, 1.165) is 36.7 Å². The zero-order chi connectivity index (χ0) is 24.9. The van der Waals surface area contributed by atoms with Crippen molar-refractivity contribution >= 4 is 29.5 Å². The molecule has 3 aromatic rings. The first kappa shape index (κ1) is 23.6. The average Bonchev–Trinajstić information content (AvgIpc) is 2.92. The van der Waals surface area contributed by atoms with Gasteiger partial charge in [-0.1, -0.05) is 42.5 Å². The molecule has 0 aromatic heterocycles. The second-order valence-corrected chi connectivity index (χ2v) is 7.61. The maximum atomic E-state index is 13.1. The van der Waals surface area contributed by atoms with Gasteiger partial charge in [0.05, 0.1) is 38.3 Å². The van der Waals surface area contributed by atoms with E-state index < -0.39 is 29.6 Å². The van der Waals surface area contributed by atoms with Crippen molar-refractivity contribution in [3.05, 3.63) is 101 Å². The van der Waals surface area contributed by atoms with Crippen LogP contribution in [0, 0.1) is 0 Å². The maximum Gasteiger partial charge on any atom is 0.403 e. The number of anilines is 2. The van der Waals surface area contributed by atoms with Crippen LogP contribution in [-0.2, 0) is 19.1 Å². The van der Waals surface area contributed by atoms with Gasteiger partial charge in [0.2, 0.25) is 0 Å². The highest BCUT2D eigenvalue weighted by atomic mass is 16.5. The summed E-state index contributed by atoms with van der Waals surface area (Å²) < 4.78 is 16.3. The minimum absolute atomic E-state index is 0.457. The molecule has 1 unspecified atom stereocenters. The number of rotatable bonds is 6. The highest BCUT2D eigenvalue weighted by Crippen LogP contribution is 2.41. The van der Waals surface area contributed by atoms with E-state index in [0.29, 0.717) is 5.75 Å². The number of carbonyl (C=O) groups excluding carboxylic acids is 2. The molecular formula is C27H24N2O6. The fourth-order valence-electron chi connectivity index (χ4n) is 4.04. The van der Waals surface area contributed by atoms with E-state index in [4.69, 9.17) is 9.47 Å². The van der Waals surface area contributed by atoms with Crippen molar-refractivity contribution in [2.75, 3.05) is 26.2 Å². The number of para-hydroxylation sites is 1. The van der Waals surface area contributed by atoms with Crippen LogP contribution >= 0.6 is 0 Å². The van der Waals surface area contributed by atoms with Crippen molar-refractivity contribution < 1.29 is 33.5 Å². The van der Waals surface area contributed by atoms with E-state index in [1.807, 2.05) is 83.8 Å². The van der Waals surface area contributed by atoms with Gasteiger partial charge in [0.25, 0.3) is 11.9 Å². The summed E-state index contributed by atoms with van der Waals surface area (Å²) in [6, 6.07) is 24.3. The van der Waals surface area contributed by atoms with Gasteiger partial charge in [-0.05, 0) is 36.4 Å². The minimum atomic E-state index is -1.17. The summed E-state index contributed by atoms with van der Waals surface area (Å²) in [5.74, 6) is -2.54. The lowest BCUT2D eigenvalue weighted by molar-refractivity contribution is -0.524. The summed E-state index contributed by atoms with van der Waals surface area (Å²) >= 11 is 0. The lowest BCUT2D eigenvalue weighted by Gasteiger charge is -2.35. The van der Waals surface area contributed by atoms with Crippen molar-refractivity contribution in [1.82, 2.24) is 0 Å². The Labute approximate surface area is 202 Å². The molecule has 0 fully saturated rings. The summed E-state index contributed by atoms with van der Waals surface area (Å²) in [6.07, 6.45) is 0.960. The van der Waals surface area contributed by atoms with Crippen LogP contribution in [0.2, 0.25) is 0 Å². The zero-order valence-electron chi connectivity index (χ0n) is 19.5. The number of nitrogens with zero attached hydrogens (tertiary/aromatic N) is 2. The minimum Gasteiger partial charge on any atom is -0.863 e. The molecule has 1 heterocycles. The van der Waals surface area contributed by atoms with Crippen LogP contribution in [0.3, 0.4) is 0 Å². The molecule has 0 aliphatic carbocycles. The lowest BCUT2D eigenvalue weighted by atomic mass is 10.0. The monoisotopic (exact) mass is 472 g/mol. The Hall–Kier alpha value is -4.59. The van der Waals surface area contributed by atoms with E-state index in [2.05, 4.69) is 4.74 Å². The Kier molecular flexibility index (Phi) is 6.82. The van der Waals surface area contributed by atoms with Gasteiger partial charge in [-0.15, -0.1) is 0 Å². The highest BCUT2D eigenvalue weighted by Gasteiger charge is 2.42. The van der Waals surface area contributed by atoms with Crippen LogP contribution in [0.5, 0.6) is 5.75 Å². The number of carbonyl (C=O) groups is 2. The first-order valence-corrected chi connectivity index (χ1v) is 10.8. The number of esters is 2. The molecule has 8 heteroatoms. The van der Waals surface area contributed by atoms with Gasteiger partial charge in [-0.2, -0.15) is 4.58 Å². The van der Waals surface area contributed by atoms with E-state index >= 15 is 0 Å². The molecule has 4 rings (SSSR count). The number of hydrogen-bond donors (Lipinski definition) is 0. The second-order valence-electron chi connectivity index (χ2n) is 7.61. The number of fused-ring (bicyclic) bond motifs is 1. The molecule has 0 N–H and O–H groups in total. The Morgan fingerprint density at radius 3 is 2.09 bits per heavy atom. The van der Waals surface area contributed by atoms with Gasteiger partial charge >= 0.3 is 11.9 Å². The third-order valence-corrected chi connectivity index (χ3v) is 5.65. The van der Waals surface area contributed by atoms with Crippen molar-refractivity contribution in [3.8, 4) is 5.75 Å². The van der Waals surface area contributed by atoms with Gasteiger partial charge < -0.3 is 19.3 Å². The molecule has 0 amide bonds. The summed E-state index contributed by atoms with van der Waals surface area (Å²) in [6.45, 7) is 0. The predicted octanol–water partition coefficient (Wildman–Crippen LogP) is 2.90. The third kappa shape index (κ3) is 4.46. The molecule has 0 saturated heterocycles. The topological polar surface area (TPSA) is 91.1 Å². The molecular weight excluding hydrogens is 448 g/mol. The Morgan fingerprint density at radius 1 is 0.829 bits per heavy atom. The molecule has 1 atom stereocenters. The molecule has 0 radical (unpaired) electrons. The van der Waals surface area contributed by atoms with E-state index in [9.17, 15) is 14.7 Å². The summed E-state index contributed by atoms with van der Waals surface area (Å²) in [5.41, 5.74) is 2.67. The number of ether oxygens (including phenoxy) is 3. The molecule has 8 nitrogen and oxygen atoms in total. The van der Waals surface area contributed by atoms with Gasteiger partial charge in [0.15, 0.2) is 6.21 Å². The fraction of sp³-hybridized carbons (Fsp3) is 0.148. The molecule has 0 spiro atoms. The second kappa shape index (κ2) is 10.1. The Morgan fingerprint density at radius 2 is 1.46 bits per heavy atom. The molecule has 1 aliphatic heterocycles. The standard InChI is InChI=1S/C27H24N2O6/c1-33-21-15-13-20(14-16-21)29-22-12-8-7-11-19(22)17-28(25(29)18-9-5-4-6-10-18)23(26(31)34-2)24(30)27(32)35-3/h4-17,25H,1-3H3. The molecule has 35 heavy (non-hydrogen) atoms. The Bertz CT molecular complexity index is 1300. The molecule has 0 bridgehead atoms. The highest BCUT2D eigenvalue weighted by molar-refractivity contribution is 5.98. The van der Waals surface area contributed by atoms with Crippen molar-refractivity contribution in [1.29, 1.82) is 0 Å². The smallest absolute Gasteiger partial charge is 0.403 e. The van der Waals surface area contributed by atoms with Crippen molar-refractivity contribution in [3.63, 3.8) is 0 Å². The SMILES string of the molecule is COC(=O)/C([O-])=C(\C(=O)OC)[N+]1=Cc2ccccc2N(c2ccc(OC)cc2)C1c1ccccc1. The Balaban J connectivity index is 2.05. The van der Waals surface area contributed by atoms with Crippen molar-refractivity contribution in [2.45, 2.75) is 6.17 Å². The largest absolute Gasteiger partial charge is 0.863 e.